The zero-order valence-corrected chi connectivity index (χ0v) is 36.8. The number of halogens is 1. The largest absolute Gasteiger partial charge is 0.480 e. The summed E-state index contributed by atoms with van der Waals surface area (Å²) in [7, 11) is -0.958. The van der Waals surface area contributed by atoms with Crippen LogP contribution in [0, 0.1) is 17.3 Å². The van der Waals surface area contributed by atoms with E-state index in [0.717, 1.165) is 11.8 Å². The summed E-state index contributed by atoms with van der Waals surface area (Å²) in [5, 5.41) is 6.49. The molecule has 1 fully saturated rings. The highest BCUT2D eigenvalue weighted by Crippen LogP contribution is 2.45. The lowest BCUT2D eigenvalue weighted by atomic mass is 9.96. The molecule has 0 aliphatic heterocycles. The maximum absolute atomic E-state index is 16.2. The van der Waals surface area contributed by atoms with E-state index in [-0.39, 0.29) is 29.8 Å². The number of hydrogen-bond acceptors (Lipinski definition) is 9. The summed E-state index contributed by atoms with van der Waals surface area (Å²) in [5.41, 5.74) is 7.15. The maximum Gasteiger partial charge on any atom is 0.227 e. The molecule has 0 amide bonds. The van der Waals surface area contributed by atoms with Crippen molar-refractivity contribution < 1.29 is 23.0 Å². The molecule has 53 heavy (non-hydrogen) atoms. The lowest BCUT2D eigenvalue weighted by Gasteiger charge is -2.38. The Bertz CT molecular complexity index is 2020. The number of ether oxygens (including phenoxy) is 3. The number of aromatic nitrogens is 3. The van der Waals surface area contributed by atoms with Crippen LogP contribution in [0.5, 0.6) is 11.6 Å². The molecule has 1 saturated carbocycles. The molecule has 2 heterocycles. The van der Waals surface area contributed by atoms with Gasteiger partial charge in [0.15, 0.2) is 20.3 Å². The summed E-state index contributed by atoms with van der Waals surface area (Å²) >= 11 is 1.46. The molecule has 0 saturated heterocycles. The first-order valence-corrected chi connectivity index (χ1v) is 24.9. The Balaban J connectivity index is 1.71. The summed E-state index contributed by atoms with van der Waals surface area (Å²) in [5.74, 6) is 4.63. The zero-order valence-electron chi connectivity index (χ0n) is 33.9. The van der Waals surface area contributed by atoms with Gasteiger partial charge < -0.3 is 24.0 Å². The van der Waals surface area contributed by atoms with Gasteiger partial charge in [-0.2, -0.15) is 0 Å². The third-order valence-electron chi connectivity index (χ3n) is 11.2. The average molecular weight is 777 g/mol. The second-order valence-corrected chi connectivity index (χ2v) is 27.7. The van der Waals surface area contributed by atoms with Crippen LogP contribution in [0.3, 0.4) is 0 Å². The molecule has 4 aromatic rings. The quantitative estimate of drug-likeness (QED) is 0.0469. The Morgan fingerprint density at radius 2 is 1.64 bits per heavy atom. The Morgan fingerprint density at radius 1 is 0.962 bits per heavy atom. The van der Waals surface area contributed by atoms with Crippen LogP contribution in [0.4, 0.5) is 10.2 Å². The van der Waals surface area contributed by atoms with Crippen LogP contribution in [-0.4, -0.2) is 70.8 Å². The van der Waals surface area contributed by atoms with Gasteiger partial charge in [0, 0.05) is 18.1 Å². The first kappa shape index (κ1) is 41.0. The summed E-state index contributed by atoms with van der Waals surface area (Å²) in [4.78, 5) is 14.9. The SMILES string of the molecule is COCOc1cc(-c2cc3nc(SC)nc(N[C@@H]4C[C@H]4O[Si](C)(C)C(C)(C)C)c3c(OC)n2)c2c(C#C[Si](C(C)C)(C(C)C)C(C)C)c(F)ccc2c1. The van der Waals surface area contributed by atoms with E-state index in [2.05, 4.69) is 92.2 Å². The van der Waals surface area contributed by atoms with Gasteiger partial charge in [0.2, 0.25) is 5.88 Å². The molecule has 1 N–H and O–H groups in total. The van der Waals surface area contributed by atoms with Crippen molar-refractivity contribution in [1.82, 2.24) is 15.0 Å². The number of hydrogen-bond donors (Lipinski definition) is 1. The minimum absolute atomic E-state index is 0.0548. The molecule has 8 nitrogen and oxygen atoms in total. The van der Waals surface area contributed by atoms with E-state index in [4.69, 9.17) is 33.6 Å². The van der Waals surface area contributed by atoms with Gasteiger partial charge in [-0.3, -0.25) is 0 Å². The summed E-state index contributed by atoms with van der Waals surface area (Å²) < 4.78 is 40.0. The van der Waals surface area contributed by atoms with Gasteiger partial charge in [0.1, 0.15) is 30.8 Å². The fraction of sp³-hybridized carbons (Fsp3) is 0.537. The molecule has 1 aliphatic rings. The molecule has 2 aromatic carbocycles. The van der Waals surface area contributed by atoms with E-state index >= 15 is 4.39 Å². The molecule has 0 bridgehead atoms. The number of methoxy groups -OCH3 is 2. The van der Waals surface area contributed by atoms with Gasteiger partial charge in [0.05, 0.1) is 36.0 Å². The number of nitrogens with one attached hydrogen (secondary N) is 1. The van der Waals surface area contributed by atoms with Crippen LogP contribution in [0.2, 0.25) is 34.8 Å². The Labute approximate surface area is 321 Å². The summed E-state index contributed by atoms with van der Waals surface area (Å²) in [6.45, 7) is 24.9. The van der Waals surface area contributed by atoms with Crippen molar-refractivity contribution in [3.05, 3.63) is 41.7 Å². The van der Waals surface area contributed by atoms with E-state index in [9.17, 15) is 0 Å². The van der Waals surface area contributed by atoms with E-state index < -0.39 is 16.4 Å². The first-order valence-electron chi connectivity index (χ1n) is 18.5. The highest BCUT2D eigenvalue weighted by molar-refractivity contribution is 7.98. The van der Waals surface area contributed by atoms with Crippen molar-refractivity contribution in [2.75, 3.05) is 32.6 Å². The summed E-state index contributed by atoms with van der Waals surface area (Å²) in [6, 6.07) is 9.07. The molecule has 2 aromatic heterocycles. The lowest BCUT2D eigenvalue weighted by Crippen LogP contribution is -2.43. The van der Waals surface area contributed by atoms with Gasteiger partial charge in [-0.15, -0.1) is 5.54 Å². The van der Waals surface area contributed by atoms with Crippen LogP contribution in [0.25, 0.3) is 32.9 Å². The Morgan fingerprint density at radius 3 is 2.23 bits per heavy atom. The molecule has 286 valence electrons. The van der Waals surface area contributed by atoms with Crippen LogP contribution < -0.4 is 14.8 Å². The van der Waals surface area contributed by atoms with Crippen molar-refractivity contribution in [2.45, 2.75) is 121 Å². The molecule has 0 radical (unpaired) electrons. The minimum atomic E-state index is -2.19. The van der Waals surface area contributed by atoms with E-state index in [1.165, 1.54) is 17.8 Å². The van der Waals surface area contributed by atoms with Crippen molar-refractivity contribution in [1.29, 1.82) is 0 Å². The standard InChI is InChI=1S/C41H57FN4O4SSi2/c1-24(2)53(25(3)4,26(5)6)18-17-29-31(42)16-15-27-19-28(49-23-47-10)20-30(36(27)29)32-21-34-37(39(44-32)48-11)38(46-40(45-34)51-12)43-33-22-35(33)50-52(13,14)41(7,8)9/h15-16,19-21,24-26,33,35H,22-23H2,1-14H3,(H,43,45,46)/t33-,35-/m1/s1. The second-order valence-electron chi connectivity index (χ2n) is 16.6. The van der Waals surface area contributed by atoms with Gasteiger partial charge in [0.25, 0.3) is 0 Å². The number of benzene rings is 2. The van der Waals surface area contributed by atoms with Crippen molar-refractivity contribution in [3.8, 4) is 34.4 Å². The summed E-state index contributed by atoms with van der Waals surface area (Å²) in [6.07, 6.45) is 2.96. The van der Waals surface area contributed by atoms with Gasteiger partial charge in [-0.05, 0) is 77.1 Å². The van der Waals surface area contributed by atoms with E-state index in [1.807, 2.05) is 24.5 Å². The van der Waals surface area contributed by atoms with Gasteiger partial charge in [-0.25, -0.2) is 19.3 Å². The van der Waals surface area contributed by atoms with Crippen molar-refractivity contribution in [2.24, 2.45) is 0 Å². The average Bonchev–Trinajstić information content (AvgIpc) is 3.81. The third kappa shape index (κ3) is 8.25. The Kier molecular flexibility index (Phi) is 12.3. The molecule has 1 aliphatic carbocycles. The highest BCUT2D eigenvalue weighted by atomic mass is 32.2. The highest BCUT2D eigenvalue weighted by Gasteiger charge is 2.47. The lowest BCUT2D eigenvalue weighted by molar-refractivity contribution is 0.0512. The fourth-order valence-corrected chi connectivity index (χ4v) is 14.3. The number of fused-ring (bicyclic) bond motifs is 2. The normalized spacial score (nSPS) is 16.4. The smallest absolute Gasteiger partial charge is 0.227 e. The minimum Gasteiger partial charge on any atom is -0.480 e. The van der Waals surface area contributed by atoms with E-state index in [0.29, 0.717) is 72.3 Å². The van der Waals surface area contributed by atoms with Crippen LogP contribution >= 0.6 is 11.8 Å². The first-order chi connectivity index (χ1) is 24.9. The van der Waals surface area contributed by atoms with Crippen molar-refractivity contribution in [3.63, 3.8) is 0 Å². The number of thioether (sulfide) groups is 1. The predicted octanol–water partition coefficient (Wildman–Crippen LogP) is 10.8. The van der Waals surface area contributed by atoms with Crippen LogP contribution in [0.1, 0.15) is 74.3 Å². The fourth-order valence-electron chi connectivity index (χ4n) is 7.32. The predicted molar refractivity (Wildman–Crippen MR) is 223 cm³/mol. The van der Waals surface area contributed by atoms with Crippen LogP contribution in [-0.2, 0) is 9.16 Å². The number of rotatable bonds is 13. The molecule has 2 atom stereocenters. The number of pyridine rings is 1. The van der Waals surface area contributed by atoms with Crippen molar-refractivity contribution >= 4 is 55.6 Å². The monoisotopic (exact) mass is 776 g/mol. The number of anilines is 1. The molecule has 12 heteroatoms. The molecular weight excluding hydrogens is 720 g/mol. The third-order valence-corrected chi connectivity index (χ3v) is 22.6. The maximum atomic E-state index is 16.2. The van der Waals surface area contributed by atoms with Gasteiger partial charge in [-0.1, -0.05) is 86.1 Å². The van der Waals surface area contributed by atoms with Crippen LogP contribution in [0.15, 0.2) is 35.5 Å². The van der Waals surface area contributed by atoms with E-state index in [1.54, 1.807) is 20.3 Å². The second kappa shape index (κ2) is 15.9. The zero-order chi connectivity index (χ0) is 39.0. The molecule has 0 spiro atoms. The van der Waals surface area contributed by atoms with Gasteiger partial charge >= 0.3 is 0 Å². The molecular formula is C41H57FN4O4SSi2. The molecule has 5 rings (SSSR count). The number of nitrogens with zero attached hydrogens (tertiary/aromatic N) is 3. The topological polar surface area (TPSA) is 87.6 Å². The molecule has 0 unspecified atom stereocenters. The Hall–Kier alpha value is -3.22.